The summed E-state index contributed by atoms with van der Waals surface area (Å²) in [5.74, 6) is -0.0199. The Morgan fingerprint density at radius 1 is 1.17 bits per heavy atom. The smallest absolute Gasteiger partial charge is 0.421 e. The molecule has 0 aliphatic carbocycles. The zero-order chi connectivity index (χ0) is 31.1. The number of amides is 1. The lowest BCUT2D eigenvalue weighted by Crippen LogP contribution is -2.37. The molecule has 0 atom stereocenters. The normalized spacial score (nSPS) is 11.6. The summed E-state index contributed by atoms with van der Waals surface area (Å²) < 4.78 is 81.4. The molecule has 1 aromatic heterocycles. The fourth-order valence-corrected chi connectivity index (χ4v) is 5.28. The second kappa shape index (κ2) is 13.7. The van der Waals surface area contributed by atoms with Gasteiger partial charge in [-0.05, 0) is 36.6 Å². The van der Waals surface area contributed by atoms with Gasteiger partial charge in [-0.25, -0.2) is 22.5 Å². The summed E-state index contributed by atoms with van der Waals surface area (Å²) in [6, 6.07) is 9.44. The number of rotatable bonds is 13. The van der Waals surface area contributed by atoms with E-state index in [-0.39, 0.29) is 42.0 Å². The Labute approximate surface area is 242 Å². The Balaban J connectivity index is 1.87. The number of para-hydroxylation sites is 1. The van der Waals surface area contributed by atoms with Gasteiger partial charge in [-0.1, -0.05) is 29.8 Å². The molecule has 12 nitrogen and oxygen atoms in total. The number of nitro benzene ring substituents is 1. The first-order valence-corrected chi connectivity index (χ1v) is 13.7. The van der Waals surface area contributed by atoms with Crippen molar-refractivity contribution in [2.45, 2.75) is 23.9 Å². The van der Waals surface area contributed by atoms with Crippen molar-refractivity contribution < 1.29 is 50.6 Å². The van der Waals surface area contributed by atoms with Crippen LogP contribution in [0.1, 0.15) is 17.5 Å². The number of aromatic nitrogens is 1. The van der Waals surface area contributed by atoms with E-state index >= 15 is 0 Å². The van der Waals surface area contributed by atoms with Crippen LogP contribution in [0.15, 0.2) is 59.6 Å². The molecule has 3 rings (SSSR count). The van der Waals surface area contributed by atoms with Gasteiger partial charge in [-0.3, -0.25) is 10.1 Å². The molecule has 0 aliphatic heterocycles. The molecule has 1 heterocycles. The predicted octanol–water partition coefficient (Wildman–Crippen LogP) is 5.78. The number of ether oxygens (including phenoxy) is 3. The molecule has 3 aromatic rings. The highest BCUT2D eigenvalue weighted by atomic mass is 35.5. The quantitative estimate of drug-likeness (QED) is 0.139. The molecule has 0 aliphatic rings. The van der Waals surface area contributed by atoms with Crippen molar-refractivity contribution in [1.29, 1.82) is 0 Å². The van der Waals surface area contributed by atoms with Crippen molar-refractivity contribution in [3.8, 4) is 17.4 Å². The first-order chi connectivity index (χ1) is 19.8. The second-order valence-electron chi connectivity index (χ2n) is 8.41. The van der Waals surface area contributed by atoms with Crippen LogP contribution >= 0.6 is 11.6 Å². The van der Waals surface area contributed by atoms with Crippen LogP contribution in [0.25, 0.3) is 0 Å². The highest BCUT2D eigenvalue weighted by Gasteiger charge is 2.35. The summed E-state index contributed by atoms with van der Waals surface area (Å²) in [5, 5.41) is 20.5. The summed E-state index contributed by atoms with van der Waals surface area (Å²) in [7, 11) is -3.35. The molecular formula is C25H23ClF3N3O9S. The summed E-state index contributed by atoms with van der Waals surface area (Å²) >= 11 is 5.98. The topological polar surface area (TPSA) is 158 Å². The second-order valence-corrected chi connectivity index (χ2v) is 10.6. The molecule has 0 saturated heterocycles. The van der Waals surface area contributed by atoms with Crippen molar-refractivity contribution in [1.82, 2.24) is 9.29 Å². The highest BCUT2D eigenvalue weighted by Crippen LogP contribution is 2.37. The van der Waals surface area contributed by atoms with E-state index < -0.39 is 54.9 Å². The van der Waals surface area contributed by atoms with E-state index in [1.165, 1.54) is 31.4 Å². The number of nitro groups is 1. The van der Waals surface area contributed by atoms with Gasteiger partial charge < -0.3 is 19.3 Å². The number of pyridine rings is 1. The maximum atomic E-state index is 13.0. The Morgan fingerprint density at radius 2 is 1.88 bits per heavy atom. The number of alkyl halides is 3. The maximum Gasteiger partial charge on any atom is 0.421 e. The monoisotopic (exact) mass is 633 g/mol. The van der Waals surface area contributed by atoms with E-state index in [1.54, 1.807) is 6.07 Å². The van der Waals surface area contributed by atoms with Crippen LogP contribution in [-0.2, 0) is 27.4 Å². The molecule has 42 heavy (non-hydrogen) atoms. The zero-order valence-corrected chi connectivity index (χ0v) is 23.3. The molecule has 17 heteroatoms. The molecule has 0 spiro atoms. The minimum Gasteiger partial charge on any atom is -0.491 e. The third-order valence-corrected chi connectivity index (χ3v) is 7.68. The Kier molecular flexibility index (Phi) is 10.5. The van der Waals surface area contributed by atoms with E-state index in [4.69, 9.17) is 25.8 Å². The lowest BCUT2D eigenvalue weighted by atomic mass is 10.1. The third kappa shape index (κ3) is 7.98. The molecule has 1 amide bonds. The van der Waals surface area contributed by atoms with Crippen LogP contribution < -0.4 is 9.47 Å². The zero-order valence-electron chi connectivity index (χ0n) is 21.7. The van der Waals surface area contributed by atoms with Crippen molar-refractivity contribution in [2.75, 3.05) is 26.9 Å². The highest BCUT2D eigenvalue weighted by molar-refractivity contribution is 7.89. The Morgan fingerprint density at radius 3 is 2.50 bits per heavy atom. The number of hydrogen-bond donors (Lipinski definition) is 1. The van der Waals surface area contributed by atoms with Gasteiger partial charge in [0.25, 0.3) is 15.7 Å². The van der Waals surface area contributed by atoms with Crippen LogP contribution in [0.2, 0.25) is 5.02 Å². The minimum absolute atomic E-state index is 0.00210. The van der Waals surface area contributed by atoms with Crippen molar-refractivity contribution in [2.24, 2.45) is 0 Å². The van der Waals surface area contributed by atoms with E-state index in [2.05, 4.69) is 4.98 Å². The molecular weight excluding hydrogens is 611 g/mol. The molecule has 0 unspecified atom stereocenters. The van der Waals surface area contributed by atoms with E-state index in [9.17, 15) is 41.6 Å². The summed E-state index contributed by atoms with van der Waals surface area (Å²) in [5.41, 5.74) is -1.50. The van der Waals surface area contributed by atoms with E-state index in [0.717, 1.165) is 12.1 Å². The fraction of sp³-hybridized carbons (Fsp3) is 0.280. The molecule has 2 aromatic carbocycles. The van der Waals surface area contributed by atoms with Crippen molar-refractivity contribution in [3.05, 3.63) is 81.0 Å². The Hall–Kier alpha value is -4.15. The van der Waals surface area contributed by atoms with Gasteiger partial charge in [0.15, 0.2) is 4.90 Å². The van der Waals surface area contributed by atoms with E-state index in [1.807, 2.05) is 0 Å². The summed E-state index contributed by atoms with van der Waals surface area (Å²) in [4.78, 5) is 25.1. The van der Waals surface area contributed by atoms with Gasteiger partial charge in [-0.15, -0.1) is 0 Å². The summed E-state index contributed by atoms with van der Waals surface area (Å²) in [6.45, 7) is -0.177. The van der Waals surface area contributed by atoms with E-state index in [0.29, 0.717) is 23.6 Å². The number of sulfonamides is 1. The number of halogens is 4. The first kappa shape index (κ1) is 32.4. The summed E-state index contributed by atoms with van der Waals surface area (Å²) in [6.07, 6.45) is -6.11. The van der Waals surface area contributed by atoms with Crippen LogP contribution in [0, 0.1) is 10.1 Å². The molecule has 226 valence electrons. The van der Waals surface area contributed by atoms with Crippen LogP contribution in [-0.4, -0.2) is 60.7 Å². The van der Waals surface area contributed by atoms with Gasteiger partial charge >= 0.3 is 12.3 Å². The number of benzene rings is 2. The number of carbonyl (C=O) groups is 1. The molecule has 0 radical (unpaired) electrons. The minimum atomic E-state index is -4.82. The largest absolute Gasteiger partial charge is 0.491 e. The maximum absolute atomic E-state index is 13.0. The van der Waals surface area contributed by atoms with Crippen LogP contribution in [0.5, 0.6) is 17.4 Å². The van der Waals surface area contributed by atoms with Crippen LogP contribution in [0.4, 0.5) is 23.7 Å². The third-order valence-electron chi connectivity index (χ3n) is 5.59. The van der Waals surface area contributed by atoms with Gasteiger partial charge in [0.1, 0.15) is 23.1 Å². The predicted molar refractivity (Wildman–Crippen MR) is 141 cm³/mol. The number of aryl methyl sites for hydroxylation is 1. The standard InChI is InChI=1S/C25H23ClF3N3O9S/c1-39-11-12-40-18-9-8-16(21(14-18)41-23-19(26)13-17(15-30-23)25(27,28)29)5-4-10-31(24(33)34)42(37,38)22-7-3-2-6-20(22)32(35)36/h2-3,6-9,13-15H,4-5,10-12H2,1H3,(H,33,34). The Bertz CT molecular complexity index is 1560. The number of methoxy groups -OCH3 is 1. The lowest BCUT2D eigenvalue weighted by Gasteiger charge is -2.20. The van der Waals surface area contributed by atoms with Crippen molar-refractivity contribution >= 4 is 33.4 Å². The molecule has 0 saturated carbocycles. The van der Waals surface area contributed by atoms with Crippen molar-refractivity contribution in [3.63, 3.8) is 0 Å². The van der Waals surface area contributed by atoms with Gasteiger partial charge in [0, 0.05) is 32.0 Å². The fourth-order valence-electron chi connectivity index (χ4n) is 3.61. The molecule has 1 N–H and O–H groups in total. The van der Waals surface area contributed by atoms with Gasteiger partial charge in [-0.2, -0.15) is 13.2 Å². The van der Waals surface area contributed by atoms with Gasteiger partial charge in [0.05, 0.1) is 17.1 Å². The van der Waals surface area contributed by atoms with Crippen LogP contribution in [0.3, 0.4) is 0 Å². The number of nitrogens with zero attached hydrogens (tertiary/aromatic N) is 3. The lowest BCUT2D eigenvalue weighted by molar-refractivity contribution is -0.387. The number of hydrogen-bond acceptors (Lipinski definition) is 9. The average molecular weight is 634 g/mol. The molecule has 0 fully saturated rings. The molecule has 0 bridgehead atoms. The number of carboxylic acid groups (broad SMARTS) is 1. The average Bonchev–Trinajstić information content (AvgIpc) is 2.92. The van der Waals surface area contributed by atoms with Gasteiger partial charge in [0.2, 0.25) is 5.88 Å². The first-order valence-electron chi connectivity index (χ1n) is 11.9. The SMILES string of the molecule is COCCOc1ccc(CCCN(C(=O)O)S(=O)(=O)c2ccccc2[N+](=O)[O-])c(Oc2ncc(C(F)(F)F)cc2Cl)c1.